The van der Waals surface area contributed by atoms with Crippen LogP contribution in [0.1, 0.15) is 5.56 Å². The van der Waals surface area contributed by atoms with Crippen LogP contribution in [0.4, 0.5) is 0 Å². The van der Waals surface area contributed by atoms with Crippen LogP contribution in [0, 0.1) is 0 Å². The number of carbonyl (C=O) groups is 1. The molecule has 80 valence electrons. The summed E-state index contributed by atoms with van der Waals surface area (Å²) >= 11 is 0. The number of carboxylic acid groups (broad SMARTS) is 1. The van der Waals surface area contributed by atoms with E-state index in [2.05, 4.69) is 0 Å². The summed E-state index contributed by atoms with van der Waals surface area (Å²) in [7, 11) is 0. The molecule has 0 fully saturated rings. The highest BCUT2D eigenvalue weighted by Gasteiger charge is 2.33. The lowest BCUT2D eigenvalue weighted by Gasteiger charge is -2.19. The summed E-state index contributed by atoms with van der Waals surface area (Å²) in [4.78, 5) is 21.1. The van der Waals surface area contributed by atoms with Gasteiger partial charge in [0, 0.05) is 6.08 Å². The first-order chi connectivity index (χ1) is 6.61. The molecular formula is C10H11NO4. The number of benzene rings is 1. The van der Waals surface area contributed by atoms with Gasteiger partial charge in [0.25, 0.3) is 0 Å². The first-order valence-electron chi connectivity index (χ1n) is 3.91. The van der Waals surface area contributed by atoms with Gasteiger partial charge in [-0.05, 0) is 5.56 Å². The minimum absolute atomic E-state index is 0. The number of hydrogen-bond acceptors (Lipinski definition) is 3. The summed E-state index contributed by atoms with van der Waals surface area (Å²) in [6.45, 7) is 0. The van der Waals surface area contributed by atoms with Crippen molar-refractivity contribution in [3.63, 3.8) is 0 Å². The van der Waals surface area contributed by atoms with E-state index in [1.165, 1.54) is 5.94 Å². The Kier molecular flexibility index (Phi) is 4.41. The Bertz CT molecular complexity index is 380. The van der Waals surface area contributed by atoms with Gasteiger partial charge in [-0.3, -0.25) is 0 Å². The third-order valence-corrected chi connectivity index (χ3v) is 1.89. The summed E-state index contributed by atoms with van der Waals surface area (Å²) in [6.07, 6.45) is 0.796. The van der Waals surface area contributed by atoms with Crippen LogP contribution in [0.15, 0.2) is 36.4 Å². The van der Waals surface area contributed by atoms with Gasteiger partial charge in [0.15, 0.2) is 5.54 Å². The maximum Gasteiger partial charge on any atom is 0.333 e. The van der Waals surface area contributed by atoms with Crippen LogP contribution in [-0.4, -0.2) is 22.5 Å². The molecule has 0 amide bonds. The minimum Gasteiger partial charge on any atom is -0.479 e. The Labute approximate surface area is 86.1 Å². The van der Waals surface area contributed by atoms with Crippen molar-refractivity contribution in [2.24, 2.45) is 5.73 Å². The topological polar surface area (TPSA) is 112 Å². The van der Waals surface area contributed by atoms with Gasteiger partial charge in [0.2, 0.25) is 0 Å². The lowest BCUT2D eigenvalue weighted by Crippen LogP contribution is -2.43. The number of nitrogens with two attached hydrogens (primary N) is 1. The van der Waals surface area contributed by atoms with Gasteiger partial charge < -0.3 is 16.3 Å². The van der Waals surface area contributed by atoms with Crippen LogP contribution in [0.2, 0.25) is 0 Å². The highest BCUT2D eigenvalue weighted by Crippen LogP contribution is 2.18. The first-order valence-corrected chi connectivity index (χ1v) is 3.91. The van der Waals surface area contributed by atoms with Gasteiger partial charge in [0.1, 0.15) is 5.94 Å². The van der Waals surface area contributed by atoms with Crippen LogP contribution in [-0.2, 0) is 15.1 Å². The molecule has 0 aliphatic heterocycles. The molecule has 0 spiro atoms. The lowest BCUT2D eigenvalue weighted by molar-refractivity contribution is -0.141. The molecule has 0 radical (unpaired) electrons. The van der Waals surface area contributed by atoms with Gasteiger partial charge >= 0.3 is 5.97 Å². The standard InChI is InChI=1S/C10H9NO3.H2O/c11-10(6-7-12,9(13)14)8-4-2-1-3-5-8;/h1-6H,11H2,(H,13,14);1H2. The van der Waals surface area contributed by atoms with E-state index in [4.69, 9.17) is 10.8 Å². The van der Waals surface area contributed by atoms with Crippen molar-refractivity contribution >= 4 is 11.9 Å². The molecule has 0 heterocycles. The molecule has 5 N–H and O–H groups in total. The average molecular weight is 209 g/mol. The predicted molar refractivity (Wildman–Crippen MR) is 53.8 cm³/mol. The fourth-order valence-corrected chi connectivity index (χ4v) is 1.08. The number of carboxylic acids is 1. The fraction of sp³-hybridized carbons (Fsp3) is 0.100. The fourth-order valence-electron chi connectivity index (χ4n) is 1.08. The van der Waals surface area contributed by atoms with Gasteiger partial charge in [-0.2, -0.15) is 0 Å². The van der Waals surface area contributed by atoms with Crippen molar-refractivity contribution in [2.75, 3.05) is 0 Å². The molecule has 1 aromatic rings. The Balaban J connectivity index is 0.00000196. The van der Waals surface area contributed by atoms with Crippen molar-refractivity contribution < 1.29 is 20.2 Å². The number of hydrogen-bond donors (Lipinski definition) is 2. The molecule has 5 heteroatoms. The van der Waals surface area contributed by atoms with Crippen molar-refractivity contribution in [3.05, 3.63) is 42.0 Å². The number of rotatable bonds is 3. The second-order valence-electron chi connectivity index (χ2n) is 2.80. The quantitative estimate of drug-likeness (QED) is 0.652. The highest BCUT2D eigenvalue weighted by molar-refractivity contribution is 5.85. The van der Waals surface area contributed by atoms with Crippen molar-refractivity contribution in [2.45, 2.75) is 5.54 Å². The molecule has 1 unspecified atom stereocenters. The molecule has 1 rings (SSSR count). The van der Waals surface area contributed by atoms with Crippen LogP contribution >= 0.6 is 0 Å². The van der Waals surface area contributed by atoms with Gasteiger partial charge in [-0.1, -0.05) is 30.3 Å². The first kappa shape index (κ1) is 13.1. The van der Waals surface area contributed by atoms with Crippen LogP contribution in [0.3, 0.4) is 0 Å². The Morgan fingerprint density at radius 1 is 1.40 bits per heavy atom. The zero-order valence-electron chi connectivity index (χ0n) is 7.81. The van der Waals surface area contributed by atoms with Gasteiger partial charge in [-0.15, -0.1) is 0 Å². The molecular weight excluding hydrogens is 198 g/mol. The maximum atomic E-state index is 10.9. The third kappa shape index (κ3) is 2.51. The monoisotopic (exact) mass is 209 g/mol. The van der Waals surface area contributed by atoms with E-state index in [0.717, 1.165) is 6.08 Å². The Morgan fingerprint density at radius 2 is 1.93 bits per heavy atom. The molecule has 0 aromatic heterocycles. The van der Waals surface area contributed by atoms with E-state index in [9.17, 15) is 9.59 Å². The minimum atomic E-state index is -1.79. The summed E-state index contributed by atoms with van der Waals surface area (Å²) in [6, 6.07) is 8.12. The van der Waals surface area contributed by atoms with Crippen LogP contribution in [0.5, 0.6) is 0 Å². The molecule has 1 atom stereocenters. The van der Waals surface area contributed by atoms with Crippen LogP contribution in [0.25, 0.3) is 0 Å². The van der Waals surface area contributed by atoms with Gasteiger partial charge in [-0.25, -0.2) is 9.59 Å². The molecule has 0 bridgehead atoms. The van der Waals surface area contributed by atoms with E-state index < -0.39 is 11.5 Å². The summed E-state index contributed by atoms with van der Waals surface area (Å²) in [5.41, 5.74) is 4.11. The third-order valence-electron chi connectivity index (χ3n) is 1.89. The summed E-state index contributed by atoms with van der Waals surface area (Å²) in [5, 5.41) is 8.88. The van der Waals surface area contributed by atoms with Crippen LogP contribution < -0.4 is 5.73 Å². The van der Waals surface area contributed by atoms with E-state index in [1.54, 1.807) is 30.3 Å². The second-order valence-corrected chi connectivity index (χ2v) is 2.80. The maximum absolute atomic E-state index is 10.9. The number of aliphatic carboxylic acids is 1. The molecule has 0 saturated heterocycles. The van der Waals surface area contributed by atoms with E-state index in [0.29, 0.717) is 5.56 Å². The highest BCUT2D eigenvalue weighted by atomic mass is 16.4. The average Bonchev–Trinajstić information content (AvgIpc) is 2.19. The second kappa shape index (κ2) is 5.07. The predicted octanol–water partition coefficient (Wildman–Crippen LogP) is -0.512. The normalized spacial score (nSPS) is 12.9. The SMILES string of the molecule is NC(C=C=O)(C(=O)O)c1ccccc1.O. The molecule has 0 aliphatic rings. The van der Waals surface area contributed by atoms with E-state index in [-0.39, 0.29) is 5.48 Å². The summed E-state index contributed by atoms with van der Waals surface area (Å²) < 4.78 is 0. The Morgan fingerprint density at radius 3 is 2.33 bits per heavy atom. The zero-order valence-corrected chi connectivity index (χ0v) is 7.81. The van der Waals surface area contributed by atoms with Gasteiger partial charge in [0.05, 0.1) is 0 Å². The molecule has 15 heavy (non-hydrogen) atoms. The van der Waals surface area contributed by atoms with E-state index in [1.807, 2.05) is 0 Å². The van der Waals surface area contributed by atoms with Crippen molar-refractivity contribution in [1.82, 2.24) is 0 Å². The smallest absolute Gasteiger partial charge is 0.333 e. The van der Waals surface area contributed by atoms with E-state index >= 15 is 0 Å². The molecule has 5 nitrogen and oxygen atoms in total. The molecule has 0 aliphatic carbocycles. The molecule has 1 aromatic carbocycles. The largest absolute Gasteiger partial charge is 0.479 e. The number of carbonyl (C=O) groups excluding carboxylic acids is 1. The lowest BCUT2D eigenvalue weighted by atomic mass is 9.91. The molecule has 0 saturated carbocycles. The summed E-state index contributed by atoms with van der Waals surface area (Å²) in [5.74, 6) is 0.122. The van der Waals surface area contributed by atoms with Crippen molar-refractivity contribution in [3.8, 4) is 0 Å². The zero-order chi connectivity index (χ0) is 10.6. The Hall–Kier alpha value is -1.94. The van der Waals surface area contributed by atoms with Crippen molar-refractivity contribution in [1.29, 1.82) is 0 Å².